The number of nitrogens with zero attached hydrogens (tertiary/aromatic N) is 3. The molecule has 0 radical (unpaired) electrons. The minimum atomic E-state index is 0.0717. The largest absolute Gasteiger partial charge is 0.375 e. The van der Waals surface area contributed by atoms with Gasteiger partial charge in [0.2, 0.25) is 5.91 Å². The molecule has 1 aromatic heterocycles. The Kier molecular flexibility index (Phi) is 5.34. The van der Waals surface area contributed by atoms with Crippen LogP contribution >= 0.6 is 0 Å². The average molecular weight is 392 g/mol. The lowest BCUT2D eigenvalue weighted by Gasteiger charge is -2.28. The van der Waals surface area contributed by atoms with E-state index in [1.54, 1.807) is 6.20 Å². The van der Waals surface area contributed by atoms with Crippen LogP contribution in [-0.4, -0.2) is 59.1 Å². The molecule has 0 spiro atoms. The molecule has 0 N–H and O–H groups in total. The number of hydrogen-bond donors (Lipinski definition) is 0. The predicted molar refractivity (Wildman–Crippen MR) is 111 cm³/mol. The van der Waals surface area contributed by atoms with E-state index in [9.17, 15) is 4.79 Å². The van der Waals surface area contributed by atoms with E-state index in [-0.39, 0.29) is 12.0 Å². The zero-order valence-electron chi connectivity index (χ0n) is 16.9. The normalized spacial score (nSPS) is 23.2. The highest BCUT2D eigenvalue weighted by molar-refractivity contribution is 5.78. The zero-order valence-corrected chi connectivity index (χ0v) is 16.9. The van der Waals surface area contributed by atoms with Crippen LogP contribution in [0.3, 0.4) is 0 Å². The molecule has 1 unspecified atom stereocenters. The number of fused-ring (bicyclic) bond motifs is 1. The molecule has 1 saturated heterocycles. The average Bonchev–Trinajstić information content (AvgIpc) is 3.49. The third-order valence-electron chi connectivity index (χ3n) is 6.46. The summed E-state index contributed by atoms with van der Waals surface area (Å²) in [4.78, 5) is 21.7. The summed E-state index contributed by atoms with van der Waals surface area (Å²) >= 11 is 0. The number of carbonyl (C=O) groups is 1. The van der Waals surface area contributed by atoms with Gasteiger partial charge in [-0.3, -0.25) is 14.7 Å². The van der Waals surface area contributed by atoms with Gasteiger partial charge in [-0.05, 0) is 54.4 Å². The maximum absolute atomic E-state index is 13.2. The Morgan fingerprint density at radius 1 is 1.03 bits per heavy atom. The number of rotatable bonds is 6. The van der Waals surface area contributed by atoms with Crippen LogP contribution in [-0.2, 0) is 28.9 Å². The molecule has 1 saturated carbocycles. The zero-order chi connectivity index (χ0) is 19.6. The number of aromatic nitrogens is 1. The van der Waals surface area contributed by atoms with Crippen molar-refractivity contribution >= 4 is 5.91 Å². The fraction of sp³-hybridized carbons (Fsp3) is 0.500. The van der Waals surface area contributed by atoms with Crippen molar-refractivity contribution < 1.29 is 9.53 Å². The molecule has 1 atom stereocenters. The van der Waals surface area contributed by atoms with E-state index in [2.05, 4.69) is 34.1 Å². The fourth-order valence-corrected chi connectivity index (χ4v) is 4.60. The van der Waals surface area contributed by atoms with Crippen LogP contribution in [0, 0.1) is 5.92 Å². The van der Waals surface area contributed by atoms with Crippen molar-refractivity contribution in [2.45, 2.75) is 44.4 Å². The Hall–Kier alpha value is -2.24. The standard InChI is InChI=1S/C24H29N3O2/c28-24-16-26(22-10-20-5-1-2-6-21(20)11-22)14-23(29-17-18-7-8-18)15-27(24)13-19-4-3-9-25-12-19/h1-6,9,12,18,22-23H,7-8,10-11,13-17H2. The number of carbonyl (C=O) groups excluding carboxylic acids is 1. The minimum absolute atomic E-state index is 0.0717. The molecule has 0 bridgehead atoms. The lowest BCUT2D eigenvalue weighted by Crippen LogP contribution is -2.43. The van der Waals surface area contributed by atoms with Crippen LogP contribution in [0.15, 0.2) is 48.8 Å². The highest BCUT2D eigenvalue weighted by atomic mass is 16.5. The van der Waals surface area contributed by atoms with E-state index in [0.29, 0.717) is 25.7 Å². The van der Waals surface area contributed by atoms with E-state index < -0.39 is 0 Å². The molecule has 1 aliphatic heterocycles. The van der Waals surface area contributed by atoms with Crippen LogP contribution in [0.2, 0.25) is 0 Å². The van der Waals surface area contributed by atoms with Crippen molar-refractivity contribution in [3.05, 3.63) is 65.5 Å². The molecule has 2 heterocycles. The molecule has 1 amide bonds. The Balaban J connectivity index is 1.31. The van der Waals surface area contributed by atoms with Gasteiger partial charge in [0.1, 0.15) is 0 Å². The first kappa shape index (κ1) is 18.8. The molecule has 3 aliphatic rings. The molecule has 5 heteroatoms. The van der Waals surface area contributed by atoms with Crippen molar-refractivity contribution in [2.75, 3.05) is 26.2 Å². The van der Waals surface area contributed by atoms with Gasteiger partial charge in [-0.15, -0.1) is 0 Å². The van der Waals surface area contributed by atoms with Crippen LogP contribution in [0.1, 0.15) is 29.5 Å². The third kappa shape index (κ3) is 4.51. The van der Waals surface area contributed by atoms with Gasteiger partial charge in [-0.1, -0.05) is 30.3 Å². The second-order valence-corrected chi connectivity index (χ2v) is 8.79. The lowest BCUT2D eigenvalue weighted by molar-refractivity contribution is -0.132. The second kappa shape index (κ2) is 8.25. The van der Waals surface area contributed by atoms with Gasteiger partial charge in [0, 0.05) is 44.7 Å². The topological polar surface area (TPSA) is 45.7 Å². The Morgan fingerprint density at radius 3 is 2.52 bits per heavy atom. The van der Waals surface area contributed by atoms with Crippen molar-refractivity contribution in [2.24, 2.45) is 5.92 Å². The van der Waals surface area contributed by atoms with E-state index in [1.807, 2.05) is 23.2 Å². The molecule has 5 nitrogen and oxygen atoms in total. The van der Waals surface area contributed by atoms with E-state index in [1.165, 1.54) is 24.0 Å². The van der Waals surface area contributed by atoms with Gasteiger partial charge in [-0.2, -0.15) is 0 Å². The van der Waals surface area contributed by atoms with Gasteiger partial charge in [0.15, 0.2) is 0 Å². The molecule has 2 aromatic rings. The number of hydrogen-bond acceptors (Lipinski definition) is 4. The van der Waals surface area contributed by atoms with Gasteiger partial charge >= 0.3 is 0 Å². The van der Waals surface area contributed by atoms with E-state index in [4.69, 9.17) is 4.74 Å². The molecule has 152 valence electrons. The van der Waals surface area contributed by atoms with Crippen LogP contribution in [0.25, 0.3) is 0 Å². The first-order valence-corrected chi connectivity index (χ1v) is 10.8. The summed E-state index contributed by atoms with van der Waals surface area (Å²) < 4.78 is 6.32. The number of pyridine rings is 1. The first-order chi connectivity index (χ1) is 14.2. The fourth-order valence-electron chi connectivity index (χ4n) is 4.60. The monoisotopic (exact) mass is 391 g/mol. The Bertz CT molecular complexity index is 827. The maximum Gasteiger partial charge on any atom is 0.237 e. The molecular formula is C24H29N3O2. The summed E-state index contributed by atoms with van der Waals surface area (Å²) in [7, 11) is 0. The van der Waals surface area contributed by atoms with E-state index in [0.717, 1.165) is 37.5 Å². The molecule has 2 fully saturated rings. The SMILES string of the molecule is O=C1CN(C2Cc3ccccc3C2)CC(OCC2CC2)CN1Cc1cccnc1. The first-order valence-electron chi connectivity index (χ1n) is 10.8. The molecule has 2 aliphatic carbocycles. The molecule has 29 heavy (non-hydrogen) atoms. The smallest absolute Gasteiger partial charge is 0.237 e. The van der Waals surface area contributed by atoms with Crippen LogP contribution in [0.5, 0.6) is 0 Å². The van der Waals surface area contributed by atoms with Gasteiger partial charge in [0.25, 0.3) is 0 Å². The lowest BCUT2D eigenvalue weighted by atomic mass is 10.1. The number of amides is 1. The third-order valence-corrected chi connectivity index (χ3v) is 6.46. The second-order valence-electron chi connectivity index (χ2n) is 8.79. The summed E-state index contributed by atoms with van der Waals surface area (Å²) in [6.45, 7) is 3.41. The van der Waals surface area contributed by atoms with Crippen molar-refractivity contribution in [1.82, 2.24) is 14.8 Å². The minimum Gasteiger partial charge on any atom is -0.375 e. The van der Waals surface area contributed by atoms with Gasteiger partial charge in [-0.25, -0.2) is 0 Å². The van der Waals surface area contributed by atoms with Crippen LogP contribution in [0.4, 0.5) is 0 Å². The summed E-state index contributed by atoms with van der Waals surface area (Å²) in [5.41, 5.74) is 3.93. The predicted octanol–water partition coefficient (Wildman–Crippen LogP) is 2.69. The highest BCUT2D eigenvalue weighted by Gasteiger charge is 2.35. The molecule has 1 aromatic carbocycles. The Morgan fingerprint density at radius 2 is 1.83 bits per heavy atom. The van der Waals surface area contributed by atoms with E-state index >= 15 is 0 Å². The molecular weight excluding hydrogens is 362 g/mol. The van der Waals surface area contributed by atoms with Crippen molar-refractivity contribution in [3.63, 3.8) is 0 Å². The van der Waals surface area contributed by atoms with Crippen LogP contribution < -0.4 is 0 Å². The van der Waals surface area contributed by atoms with Gasteiger partial charge in [0.05, 0.1) is 12.6 Å². The Labute approximate surface area is 172 Å². The van der Waals surface area contributed by atoms with Crippen molar-refractivity contribution in [3.8, 4) is 0 Å². The summed E-state index contributed by atoms with van der Waals surface area (Å²) in [5, 5.41) is 0. The summed E-state index contributed by atoms with van der Waals surface area (Å²) in [6.07, 6.45) is 8.32. The van der Waals surface area contributed by atoms with Gasteiger partial charge < -0.3 is 9.64 Å². The summed E-state index contributed by atoms with van der Waals surface area (Å²) in [5.74, 6) is 0.923. The highest BCUT2D eigenvalue weighted by Crippen LogP contribution is 2.30. The van der Waals surface area contributed by atoms with Crippen molar-refractivity contribution in [1.29, 1.82) is 0 Å². The number of ether oxygens (including phenoxy) is 1. The quantitative estimate of drug-likeness (QED) is 0.760. The molecule has 5 rings (SSSR count). The maximum atomic E-state index is 13.2. The summed E-state index contributed by atoms with van der Waals surface area (Å²) in [6, 6.07) is 13.0. The number of benzene rings is 1.